The van der Waals surface area contributed by atoms with Crippen LogP contribution < -0.4 is 5.14 Å². The maximum atomic E-state index is 13.0. The molecular weight excluding hydrogens is 476 g/mol. The van der Waals surface area contributed by atoms with E-state index in [2.05, 4.69) is 0 Å². The van der Waals surface area contributed by atoms with Gasteiger partial charge in [-0.05, 0) is 101 Å². The molecule has 190 valence electrons. The van der Waals surface area contributed by atoms with Gasteiger partial charge in [0.1, 0.15) is 5.75 Å². The summed E-state index contributed by atoms with van der Waals surface area (Å²) in [4.78, 5) is 14.8. The van der Waals surface area contributed by atoms with Crippen molar-refractivity contribution in [3.63, 3.8) is 0 Å². The molecule has 0 aromatic heterocycles. The standard InChI is InChI=1S/C25H37ClN2O5S/c1-24(2,34(27)31)13-19(18-11-20(26)17(12-21(18)29)15-5-6-15)16-7-9-28(10-8-16)23(30)22-14-32-25(3,4)33-22/h11-12,15-16,19,22,29H,5-10,13-14,27H2,1-4H3/t19-,22-,34?/m1/s1. The van der Waals surface area contributed by atoms with Crippen LogP contribution in [0.5, 0.6) is 5.75 Å². The lowest BCUT2D eigenvalue weighted by molar-refractivity contribution is -0.161. The molecule has 0 bridgehead atoms. The zero-order valence-corrected chi connectivity index (χ0v) is 22.1. The van der Waals surface area contributed by atoms with Crippen LogP contribution in [0.2, 0.25) is 5.02 Å². The summed E-state index contributed by atoms with van der Waals surface area (Å²) in [5.41, 5.74) is 1.79. The van der Waals surface area contributed by atoms with Gasteiger partial charge in [0, 0.05) is 18.1 Å². The van der Waals surface area contributed by atoms with Crippen molar-refractivity contribution in [1.29, 1.82) is 0 Å². The molecule has 2 heterocycles. The van der Waals surface area contributed by atoms with Crippen LogP contribution in [0.1, 0.15) is 82.8 Å². The summed E-state index contributed by atoms with van der Waals surface area (Å²) in [6.07, 6.45) is 3.71. The van der Waals surface area contributed by atoms with Gasteiger partial charge >= 0.3 is 0 Å². The summed E-state index contributed by atoms with van der Waals surface area (Å²) in [6.45, 7) is 8.88. The van der Waals surface area contributed by atoms with Gasteiger partial charge < -0.3 is 19.5 Å². The first kappa shape index (κ1) is 25.9. The first-order valence-corrected chi connectivity index (χ1v) is 13.8. The first-order valence-electron chi connectivity index (χ1n) is 12.2. The van der Waals surface area contributed by atoms with Gasteiger partial charge in [0.05, 0.1) is 22.3 Å². The van der Waals surface area contributed by atoms with Crippen LogP contribution in [0.15, 0.2) is 12.1 Å². The number of carbonyl (C=O) groups excluding carboxylic acids is 1. The van der Waals surface area contributed by atoms with Crippen molar-refractivity contribution in [1.82, 2.24) is 4.90 Å². The number of carbonyl (C=O) groups is 1. The van der Waals surface area contributed by atoms with Crippen molar-refractivity contribution in [3.8, 4) is 5.75 Å². The van der Waals surface area contributed by atoms with E-state index in [-0.39, 0.29) is 30.1 Å². The molecule has 34 heavy (non-hydrogen) atoms. The van der Waals surface area contributed by atoms with E-state index in [4.69, 9.17) is 26.2 Å². The molecule has 7 nitrogen and oxygen atoms in total. The van der Waals surface area contributed by atoms with Gasteiger partial charge in [0.25, 0.3) is 5.91 Å². The zero-order chi connectivity index (χ0) is 24.8. The minimum absolute atomic E-state index is 0.0383. The number of halogens is 1. The fourth-order valence-electron chi connectivity index (χ4n) is 5.27. The Morgan fingerprint density at radius 1 is 1.29 bits per heavy atom. The third-order valence-electron chi connectivity index (χ3n) is 7.52. The minimum atomic E-state index is -1.52. The lowest BCUT2D eigenvalue weighted by atomic mass is 9.75. The predicted molar refractivity (Wildman–Crippen MR) is 133 cm³/mol. The Bertz CT molecular complexity index is 957. The van der Waals surface area contributed by atoms with E-state index in [1.165, 1.54) is 0 Å². The second-order valence-electron chi connectivity index (χ2n) is 11.1. The summed E-state index contributed by atoms with van der Waals surface area (Å²) < 4.78 is 23.0. The van der Waals surface area contributed by atoms with Crippen molar-refractivity contribution >= 4 is 28.5 Å². The highest BCUT2D eigenvalue weighted by Crippen LogP contribution is 2.49. The first-order chi connectivity index (χ1) is 15.9. The molecule has 1 aromatic carbocycles. The van der Waals surface area contributed by atoms with E-state index in [0.717, 1.165) is 36.8 Å². The average molecular weight is 513 g/mol. The van der Waals surface area contributed by atoms with E-state index in [0.29, 0.717) is 30.5 Å². The van der Waals surface area contributed by atoms with Gasteiger partial charge in [-0.15, -0.1) is 0 Å². The Hall–Kier alpha value is -1.19. The smallest absolute Gasteiger partial charge is 0.254 e. The van der Waals surface area contributed by atoms with Crippen LogP contribution in [0.4, 0.5) is 0 Å². The molecular formula is C25H37ClN2O5S. The number of hydrogen-bond donors (Lipinski definition) is 2. The number of nitrogens with two attached hydrogens (primary N) is 1. The largest absolute Gasteiger partial charge is 0.508 e. The van der Waals surface area contributed by atoms with E-state index < -0.39 is 27.6 Å². The van der Waals surface area contributed by atoms with E-state index >= 15 is 0 Å². The van der Waals surface area contributed by atoms with Crippen molar-refractivity contribution in [2.24, 2.45) is 11.1 Å². The molecule has 0 radical (unpaired) electrons. The molecule has 9 heteroatoms. The van der Waals surface area contributed by atoms with Gasteiger partial charge in [0.2, 0.25) is 0 Å². The molecule has 1 unspecified atom stereocenters. The highest BCUT2D eigenvalue weighted by molar-refractivity contribution is 7.84. The Morgan fingerprint density at radius 3 is 2.47 bits per heavy atom. The van der Waals surface area contributed by atoms with Gasteiger partial charge in [0.15, 0.2) is 11.9 Å². The number of rotatable bonds is 7. The number of ether oxygens (including phenoxy) is 2. The Labute approximate surface area is 209 Å². The molecule has 0 spiro atoms. The summed E-state index contributed by atoms with van der Waals surface area (Å²) in [5.74, 6) is 0.0142. The third-order valence-corrected chi connectivity index (χ3v) is 9.11. The summed E-state index contributed by atoms with van der Waals surface area (Å²) >= 11 is 6.64. The summed E-state index contributed by atoms with van der Waals surface area (Å²) in [5, 5.41) is 17.5. The van der Waals surface area contributed by atoms with Crippen LogP contribution in [0, 0.1) is 5.92 Å². The second-order valence-corrected chi connectivity index (χ2v) is 13.2. The van der Waals surface area contributed by atoms with Crippen molar-refractivity contribution < 1.29 is 23.6 Å². The van der Waals surface area contributed by atoms with Crippen LogP contribution in [-0.4, -0.2) is 56.5 Å². The number of amides is 1. The molecule has 2 aliphatic heterocycles. The lowest BCUT2D eigenvalue weighted by Gasteiger charge is -2.39. The Balaban J connectivity index is 1.52. The number of nitrogens with zero attached hydrogens (tertiary/aromatic N) is 1. The second kappa shape index (κ2) is 9.69. The lowest BCUT2D eigenvalue weighted by Crippen LogP contribution is -2.46. The maximum absolute atomic E-state index is 13.0. The SMILES string of the molecule is CC1(C)OC[C@H](C(=O)N2CCC([C@@H](CC(C)(C)S(N)=O)c3cc(Cl)c(C4CC4)cc3O)CC2)O1. The van der Waals surface area contributed by atoms with Gasteiger partial charge in [-0.3, -0.25) is 9.93 Å². The fourth-order valence-corrected chi connectivity index (χ4v) is 5.94. The molecule has 1 aromatic rings. The summed E-state index contributed by atoms with van der Waals surface area (Å²) in [7, 11) is -1.52. The molecule has 1 amide bonds. The molecule has 3 atom stereocenters. The topological polar surface area (TPSA) is 102 Å². The van der Waals surface area contributed by atoms with Gasteiger partial charge in [-0.25, -0.2) is 4.21 Å². The van der Waals surface area contributed by atoms with Crippen LogP contribution >= 0.6 is 11.6 Å². The molecule has 2 saturated heterocycles. The molecule has 1 saturated carbocycles. The monoisotopic (exact) mass is 512 g/mol. The van der Waals surface area contributed by atoms with Crippen molar-refractivity contribution in [2.75, 3.05) is 19.7 Å². The summed E-state index contributed by atoms with van der Waals surface area (Å²) in [6, 6.07) is 3.71. The highest BCUT2D eigenvalue weighted by Gasteiger charge is 2.41. The number of phenols is 1. The van der Waals surface area contributed by atoms with E-state index in [1.54, 1.807) is 0 Å². The normalized spacial score (nSPS) is 25.4. The van der Waals surface area contributed by atoms with Crippen molar-refractivity contribution in [2.45, 2.75) is 88.3 Å². The number of likely N-dealkylation sites (tertiary alicyclic amines) is 1. The minimum Gasteiger partial charge on any atom is -0.508 e. The number of phenolic OH excluding ortho intramolecular Hbond substituents is 1. The molecule has 3 fully saturated rings. The van der Waals surface area contributed by atoms with Crippen LogP contribution in [0.3, 0.4) is 0 Å². The number of benzene rings is 1. The molecule has 3 N–H and O–H groups in total. The molecule has 3 aliphatic rings. The molecule has 1 aliphatic carbocycles. The zero-order valence-electron chi connectivity index (χ0n) is 20.5. The Morgan fingerprint density at radius 2 is 1.94 bits per heavy atom. The average Bonchev–Trinajstić information content (AvgIpc) is 3.55. The van der Waals surface area contributed by atoms with E-state index in [9.17, 15) is 14.1 Å². The van der Waals surface area contributed by atoms with Gasteiger partial charge in [-0.2, -0.15) is 0 Å². The van der Waals surface area contributed by atoms with E-state index in [1.807, 2.05) is 44.7 Å². The fraction of sp³-hybridized carbons (Fsp3) is 0.720. The van der Waals surface area contributed by atoms with Crippen molar-refractivity contribution in [3.05, 3.63) is 28.3 Å². The van der Waals surface area contributed by atoms with Gasteiger partial charge in [-0.1, -0.05) is 11.6 Å². The number of piperidine rings is 1. The van der Waals surface area contributed by atoms with Crippen LogP contribution in [-0.2, 0) is 25.3 Å². The highest BCUT2D eigenvalue weighted by atomic mass is 35.5. The maximum Gasteiger partial charge on any atom is 0.254 e. The third kappa shape index (κ3) is 5.62. The Kier molecular flexibility index (Phi) is 7.38. The number of aromatic hydroxyl groups is 1. The quantitative estimate of drug-likeness (QED) is 0.570. The predicted octanol–water partition coefficient (Wildman–Crippen LogP) is 4.19. The van der Waals surface area contributed by atoms with Crippen LogP contribution in [0.25, 0.3) is 0 Å². The molecule has 4 rings (SSSR count). The number of hydrogen-bond acceptors (Lipinski definition) is 5.